The molecule has 2 aromatic heterocycles. The van der Waals surface area contributed by atoms with Crippen molar-refractivity contribution in [1.29, 1.82) is 0 Å². The summed E-state index contributed by atoms with van der Waals surface area (Å²) in [4.78, 5) is 11.2. The van der Waals surface area contributed by atoms with Crippen LogP contribution in [-0.4, -0.2) is 25.2 Å². The van der Waals surface area contributed by atoms with E-state index in [0.717, 1.165) is 10.8 Å². The highest BCUT2D eigenvalue weighted by molar-refractivity contribution is 5.97. The smallest absolute Gasteiger partial charge is 0.317 e. The molecular weight excluding hydrogens is 297 g/mol. The summed E-state index contributed by atoms with van der Waals surface area (Å²) in [5.41, 5.74) is 0.542. The van der Waals surface area contributed by atoms with Crippen LogP contribution in [0, 0.1) is 5.82 Å². The summed E-state index contributed by atoms with van der Waals surface area (Å²) in [6.45, 7) is 0. The second-order valence-corrected chi connectivity index (χ2v) is 5.06. The summed E-state index contributed by atoms with van der Waals surface area (Å²) < 4.78 is 14.9. The Hall–Kier alpha value is -3.28. The number of rotatable bonds is 1. The van der Waals surface area contributed by atoms with Gasteiger partial charge in [-0.15, -0.1) is 0 Å². The van der Waals surface area contributed by atoms with Gasteiger partial charge in [-0.1, -0.05) is 42.5 Å². The largest absolute Gasteiger partial charge is 0.493 e. The predicted molar refractivity (Wildman–Crippen MR) is 83.6 cm³/mol. The monoisotopic (exact) mass is 307 g/mol. The Morgan fingerprint density at radius 2 is 1.65 bits per heavy atom. The van der Waals surface area contributed by atoms with Crippen molar-refractivity contribution in [1.82, 2.24) is 15.0 Å². The van der Waals surface area contributed by atoms with Crippen molar-refractivity contribution in [3.8, 4) is 23.1 Å². The molecule has 5 nitrogen and oxygen atoms in total. The second-order valence-electron chi connectivity index (χ2n) is 5.06. The quantitative estimate of drug-likeness (QED) is 0.563. The maximum absolute atomic E-state index is 14.9. The van der Waals surface area contributed by atoms with Crippen LogP contribution < -0.4 is 0 Å². The Balaban J connectivity index is 2.08. The Kier molecular flexibility index (Phi) is 2.84. The fourth-order valence-corrected chi connectivity index (χ4v) is 2.65. The van der Waals surface area contributed by atoms with Crippen molar-refractivity contribution in [3.05, 3.63) is 54.5 Å². The van der Waals surface area contributed by atoms with Crippen molar-refractivity contribution < 1.29 is 14.6 Å². The van der Waals surface area contributed by atoms with Gasteiger partial charge in [-0.2, -0.15) is 9.97 Å². The summed E-state index contributed by atoms with van der Waals surface area (Å²) in [6.07, 6.45) is 1.30. The lowest BCUT2D eigenvalue weighted by atomic mass is 10.0. The molecule has 0 atom stereocenters. The molecule has 0 fully saturated rings. The number of aromatic hydroxyl groups is 2. The molecule has 0 saturated carbocycles. The molecule has 112 valence electrons. The van der Waals surface area contributed by atoms with E-state index in [-0.39, 0.29) is 16.6 Å². The molecule has 2 heterocycles. The van der Waals surface area contributed by atoms with Gasteiger partial charge >= 0.3 is 6.01 Å². The highest BCUT2D eigenvalue weighted by atomic mass is 19.1. The van der Waals surface area contributed by atoms with Crippen LogP contribution in [0.5, 0.6) is 11.9 Å². The molecule has 4 rings (SSSR count). The lowest BCUT2D eigenvalue weighted by molar-refractivity contribution is 0.402. The van der Waals surface area contributed by atoms with Gasteiger partial charge in [0.15, 0.2) is 5.82 Å². The van der Waals surface area contributed by atoms with Crippen molar-refractivity contribution in [2.45, 2.75) is 0 Å². The topological polar surface area (TPSA) is 79.1 Å². The molecule has 0 unspecified atom stereocenters. The summed E-state index contributed by atoms with van der Waals surface area (Å²) in [5, 5.41) is 20.9. The molecule has 23 heavy (non-hydrogen) atoms. The molecule has 2 N–H and O–H groups in total. The van der Waals surface area contributed by atoms with Gasteiger partial charge in [-0.05, 0) is 10.8 Å². The normalized spacial score (nSPS) is 11.2. The molecule has 0 amide bonds. The number of pyridine rings is 1. The summed E-state index contributed by atoms with van der Waals surface area (Å²) in [5.74, 6) is -1.23. The summed E-state index contributed by atoms with van der Waals surface area (Å²) >= 11 is 0. The molecule has 0 spiro atoms. The zero-order chi connectivity index (χ0) is 16.0. The first kappa shape index (κ1) is 13.4. The van der Waals surface area contributed by atoms with Crippen LogP contribution in [0.4, 0.5) is 4.39 Å². The van der Waals surface area contributed by atoms with E-state index >= 15 is 0 Å². The van der Waals surface area contributed by atoms with Gasteiger partial charge in [-0.3, -0.25) is 4.98 Å². The molecular formula is C17H10FN3O2. The van der Waals surface area contributed by atoms with Crippen molar-refractivity contribution >= 4 is 21.7 Å². The first-order chi connectivity index (χ1) is 11.1. The molecule has 0 aliphatic carbocycles. The van der Waals surface area contributed by atoms with E-state index < -0.39 is 17.7 Å². The minimum atomic E-state index is -0.716. The van der Waals surface area contributed by atoms with Crippen molar-refractivity contribution in [2.75, 3.05) is 0 Å². The van der Waals surface area contributed by atoms with Crippen molar-refractivity contribution in [3.63, 3.8) is 0 Å². The number of hydrogen-bond donors (Lipinski definition) is 2. The Morgan fingerprint density at radius 1 is 0.870 bits per heavy atom. The SMILES string of the molecule is Oc1nc(O)c2cnc(-c3cccc4ccccc34)c(F)c2n1. The van der Waals surface area contributed by atoms with Crippen LogP contribution in [-0.2, 0) is 0 Å². The molecule has 6 heteroatoms. The van der Waals surface area contributed by atoms with Gasteiger partial charge in [0.25, 0.3) is 0 Å². The Labute approximate surface area is 129 Å². The van der Waals surface area contributed by atoms with Crippen LogP contribution in [0.2, 0.25) is 0 Å². The molecule has 0 bridgehead atoms. The van der Waals surface area contributed by atoms with Gasteiger partial charge in [0, 0.05) is 11.8 Å². The van der Waals surface area contributed by atoms with E-state index in [1.54, 1.807) is 6.07 Å². The van der Waals surface area contributed by atoms with E-state index in [2.05, 4.69) is 15.0 Å². The van der Waals surface area contributed by atoms with Gasteiger partial charge in [0.2, 0.25) is 5.88 Å². The van der Waals surface area contributed by atoms with E-state index in [9.17, 15) is 14.6 Å². The van der Waals surface area contributed by atoms with Crippen LogP contribution in [0.25, 0.3) is 32.9 Å². The van der Waals surface area contributed by atoms with Gasteiger partial charge in [0.1, 0.15) is 11.2 Å². The highest BCUT2D eigenvalue weighted by Gasteiger charge is 2.17. The first-order valence-corrected chi connectivity index (χ1v) is 6.87. The van der Waals surface area contributed by atoms with Crippen molar-refractivity contribution in [2.24, 2.45) is 0 Å². The average Bonchev–Trinajstić information content (AvgIpc) is 2.55. The minimum absolute atomic E-state index is 0.0456. The second kappa shape index (κ2) is 4.88. The number of aromatic nitrogens is 3. The Morgan fingerprint density at radius 3 is 2.52 bits per heavy atom. The van der Waals surface area contributed by atoms with E-state index in [4.69, 9.17) is 0 Å². The van der Waals surface area contributed by atoms with Crippen LogP contribution in [0.3, 0.4) is 0 Å². The number of halogens is 1. The number of hydrogen-bond acceptors (Lipinski definition) is 5. The number of nitrogens with zero attached hydrogens (tertiary/aromatic N) is 3. The van der Waals surface area contributed by atoms with Gasteiger partial charge < -0.3 is 10.2 Å². The molecule has 0 saturated heterocycles. The lowest BCUT2D eigenvalue weighted by Crippen LogP contribution is -1.96. The maximum atomic E-state index is 14.9. The van der Waals surface area contributed by atoms with E-state index in [1.165, 1.54) is 6.20 Å². The molecule has 2 aromatic carbocycles. The fourth-order valence-electron chi connectivity index (χ4n) is 2.65. The van der Waals surface area contributed by atoms with Gasteiger partial charge in [-0.25, -0.2) is 4.39 Å². The number of fused-ring (bicyclic) bond motifs is 2. The zero-order valence-corrected chi connectivity index (χ0v) is 11.7. The average molecular weight is 307 g/mol. The number of benzene rings is 2. The fraction of sp³-hybridized carbons (Fsp3) is 0. The third kappa shape index (κ3) is 2.03. The minimum Gasteiger partial charge on any atom is -0.493 e. The third-order valence-electron chi connectivity index (χ3n) is 3.70. The highest BCUT2D eigenvalue weighted by Crippen LogP contribution is 2.33. The van der Waals surface area contributed by atoms with E-state index in [1.807, 2.05) is 36.4 Å². The summed E-state index contributed by atoms with van der Waals surface area (Å²) in [7, 11) is 0. The standard InChI is InChI=1S/C17H10FN3O2/c18-13-14(11-7-3-5-9-4-1-2-6-10(9)11)19-8-12-15(13)20-17(23)21-16(12)22/h1-8H,(H2,20,21,22,23). The van der Waals surface area contributed by atoms with E-state index in [0.29, 0.717) is 5.56 Å². The maximum Gasteiger partial charge on any atom is 0.317 e. The molecule has 0 aliphatic heterocycles. The Bertz CT molecular complexity index is 1060. The lowest BCUT2D eigenvalue weighted by Gasteiger charge is -2.09. The molecule has 0 aliphatic rings. The van der Waals surface area contributed by atoms with Crippen LogP contribution in [0.15, 0.2) is 48.7 Å². The zero-order valence-electron chi connectivity index (χ0n) is 11.7. The molecule has 0 radical (unpaired) electrons. The first-order valence-electron chi connectivity index (χ1n) is 6.87. The van der Waals surface area contributed by atoms with Crippen LogP contribution >= 0.6 is 0 Å². The third-order valence-corrected chi connectivity index (χ3v) is 3.70. The predicted octanol–water partition coefficient (Wildman–Crippen LogP) is 3.40. The molecule has 4 aromatic rings. The van der Waals surface area contributed by atoms with Crippen LogP contribution in [0.1, 0.15) is 0 Å². The van der Waals surface area contributed by atoms with Gasteiger partial charge in [0.05, 0.1) is 5.39 Å². The summed E-state index contributed by atoms with van der Waals surface area (Å²) in [6, 6.07) is 12.4.